The molecule has 0 aromatic rings. The van der Waals surface area contributed by atoms with Crippen LogP contribution in [0.1, 0.15) is 13.8 Å². The molecule has 80 valence electrons. The summed E-state index contributed by atoms with van der Waals surface area (Å²) in [6, 6.07) is 0. The fraction of sp³-hybridized carbons (Fsp3) is 0.600. The lowest BCUT2D eigenvalue weighted by molar-refractivity contribution is 0.0800. The first-order valence-electron chi connectivity index (χ1n) is 4.26. The van der Waals surface area contributed by atoms with Crippen LogP contribution in [0.2, 0.25) is 0 Å². The van der Waals surface area contributed by atoms with Gasteiger partial charge in [0.15, 0.2) is 5.06 Å². The average molecular weight is 237 g/mol. The zero-order valence-corrected chi connectivity index (χ0v) is 10.2. The largest absolute Gasteiger partial charge is 0.497 e. The molecule has 0 aromatic heterocycles. The Bertz CT molecular complexity index is 294. The van der Waals surface area contributed by atoms with E-state index in [2.05, 4.69) is 0 Å². The van der Waals surface area contributed by atoms with Gasteiger partial charge in [0.25, 0.3) is 0 Å². The van der Waals surface area contributed by atoms with E-state index in [9.17, 15) is 0 Å². The molecule has 0 N–H and O–H groups in total. The van der Waals surface area contributed by atoms with Gasteiger partial charge in [-0.3, -0.25) is 0 Å². The van der Waals surface area contributed by atoms with E-state index in [0.717, 1.165) is 11.3 Å². The lowest BCUT2D eigenvalue weighted by atomic mass is 9.93. The molecule has 0 saturated carbocycles. The first kappa shape index (κ1) is 11.9. The summed E-state index contributed by atoms with van der Waals surface area (Å²) < 4.78 is 10.4. The molecule has 14 heavy (non-hydrogen) atoms. The average Bonchev–Trinajstić information content (AvgIpc) is 2.11. The number of hydrogen-bond acceptors (Lipinski definition) is 2. The van der Waals surface area contributed by atoms with Gasteiger partial charge in [0.1, 0.15) is 10.6 Å². The third kappa shape index (κ3) is 1.79. The standard InChI is InChI=1S/C10H14Cl2O2/c1-7-5-10(12,14-4)9(2,11)6-8(7)13-3/h5-6H,1-4H3. The van der Waals surface area contributed by atoms with E-state index in [-0.39, 0.29) is 0 Å². The summed E-state index contributed by atoms with van der Waals surface area (Å²) in [6.45, 7) is 3.69. The van der Waals surface area contributed by atoms with Crippen molar-refractivity contribution in [3.8, 4) is 0 Å². The third-order valence-corrected chi connectivity index (χ3v) is 3.52. The van der Waals surface area contributed by atoms with E-state index in [1.807, 2.05) is 6.92 Å². The van der Waals surface area contributed by atoms with Crippen LogP contribution in [0, 0.1) is 0 Å². The number of hydrogen-bond donors (Lipinski definition) is 0. The van der Waals surface area contributed by atoms with Crippen molar-refractivity contribution < 1.29 is 9.47 Å². The number of halogens is 2. The maximum atomic E-state index is 6.26. The van der Waals surface area contributed by atoms with E-state index >= 15 is 0 Å². The highest BCUT2D eigenvalue weighted by molar-refractivity contribution is 6.36. The van der Waals surface area contributed by atoms with Gasteiger partial charge in [-0.2, -0.15) is 0 Å². The molecule has 1 rings (SSSR count). The summed E-state index contributed by atoms with van der Waals surface area (Å²) in [4.78, 5) is -0.811. The first-order chi connectivity index (χ1) is 6.36. The summed E-state index contributed by atoms with van der Waals surface area (Å²) >= 11 is 12.5. The molecular formula is C10H14Cl2O2. The molecule has 0 spiro atoms. The molecule has 2 nitrogen and oxygen atoms in total. The van der Waals surface area contributed by atoms with Gasteiger partial charge in [-0.1, -0.05) is 11.6 Å². The number of allylic oxidation sites excluding steroid dienone is 1. The van der Waals surface area contributed by atoms with E-state index < -0.39 is 9.93 Å². The van der Waals surface area contributed by atoms with Gasteiger partial charge in [0, 0.05) is 7.11 Å². The van der Waals surface area contributed by atoms with Gasteiger partial charge in [0.2, 0.25) is 0 Å². The second kappa shape index (κ2) is 3.76. The van der Waals surface area contributed by atoms with Gasteiger partial charge in [-0.05, 0) is 31.6 Å². The van der Waals surface area contributed by atoms with Crippen LogP contribution in [0.5, 0.6) is 0 Å². The van der Waals surface area contributed by atoms with Gasteiger partial charge in [-0.15, -0.1) is 11.6 Å². The van der Waals surface area contributed by atoms with Crippen LogP contribution in [0.4, 0.5) is 0 Å². The Labute approximate surface area is 94.5 Å². The second-order valence-corrected chi connectivity index (χ2v) is 4.81. The third-order valence-electron chi connectivity index (χ3n) is 2.38. The molecule has 0 bridgehead atoms. The molecule has 1 aliphatic rings. The number of rotatable bonds is 2. The summed E-state index contributed by atoms with van der Waals surface area (Å²) in [5.74, 6) is 0.732. The summed E-state index contributed by atoms with van der Waals surface area (Å²) in [5.41, 5.74) is 0.919. The van der Waals surface area contributed by atoms with E-state index in [1.165, 1.54) is 7.11 Å². The zero-order valence-electron chi connectivity index (χ0n) is 8.73. The molecule has 0 radical (unpaired) electrons. The lowest BCUT2D eigenvalue weighted by Crippen LogP contribution is -2.44. The topological polar surface area (TPSA) is 18.5 Å². The minimum Gasteiger partial charge on any atom is -0.497 e. The van der Waals surface area contributed by atoms with Crippen LogP contribution < -0.4 is 0 Å². The Morgan fingerprint density at radius 1 is 1.21 bits per heavy atom. The summed E-state index contributed by atoms with van der Waals surface area (Å²) in [5, 5.41) is -1.01. The van der Waals surface area contributed by atoms with Crippen molar-refractivity contribution >= 4 is 23.2 Å². The molecule has 2 unspecified atom stereocenters. The van der Waals surface area contributed by atoms with Crippen LogP contribution >= 0.6 is 23.2 Å². The van der Waals surface area contributed by atoms with Crippen molar-refractivity contribution in [1.29, 1.82) is 0 Å². The highest BCUT2D eigenvalue weighted by Crippen LogP contribution is 2.44. The lowest BCUT2D eigenvalue weighted by Gasteiger charge is -2.38. The van der Waals surface area contributed by atoms with Crippen molar-refractivity contribution in [2.24, 2.45) is 0 Å². The molecule has 0 aromatic carbocycles. The van der Waals surface area contributed by atoms with Crippen molar-refractivity contribution in [2.75, 3.05) is 14.2 Å². The Morgan fingerprint density at radius 2 is 1.79 bits per heavy atom. The molecular weight excluding hydrogens is 223 g/mol. The summed E-state index contributed by atoms with van der Waals surface area (Å²) in [6.07, 6.45) is 3.53. The Hall–Kier alpha value is -0.180. The maximum Gasteiger partial charge on any atom is 0.183 e. The number of methoxy groups -OCH3 is 2. The molecule has 0 heterocycles. The predicted octanol–water partition coefficient (Wildman–Crippen LogP) is 3.06. The van der Waals surface area contributed by atoms with Crippen molar-refractivity contribution in [1.82, 2.24) is 0 Å². The molecule has 4 heteroatoms. The highest BCUT2D eigenvalue weighted by atomic mass is 35.5. The van der Waals surface area contributed by atoms with E-state index in [1.54, 1.807) is 26.2 Å². The second-order valence-electron chi connectivity index (χ2n) is 3.46. The van der Waals surface area contributed by atoms with Crippen molar-refractivity contribution in [3.63, 3.8) is 0 Å². The number of alkyl halides is 2. The van der Waals surface area contributed by atoms with Crippen LogP contribution in [0.25, 0.3) is 0 Å². The summed E-state index contributed by atoms with van der Waals surface area (Å²) in [7, 11) is 3.13. The molecule has 0 fully saturated rings. The minimum absolute atomic E-state index is 0.732. The Kier molecular flexibility index (Phi) is 3.20. The van der Waals surface area contributed by atoms with Crippen molar-refractivity contribution in [2.45, 2.75) is 23.8 Å². The predicted molar refractivity (Wildman–Crippen MR) is 58.7 cm³/mol. The van der Waals surface area contributed by atoms with E-state index in [0.29, 0.717) is 0 Å². The number of ether oxygens (including phenoxy) is 2. The maximum absolute atomic E-state index is 6.26. The van der Waals surface area contributed by atoms with E-state index in [4.69, 9.17) is 32.7 Å². The monoisotopic (exact) mass is 236 g/mol. The molecule has 0 amide bonds. The fourth-order valence-electron chi connectivity index (χ4n) is 1.43. The minimum atomic E-state index is -1.01. The van der Waals surface area contributed by atoms with Gasteiger partial charge in [0.05, 0.1) is 7.11 Å². The Morgan fingerprint density at radius 3 is 2.21 bits per heavy atom. The smallest absolute Gasteiger partial charge is 0.183 e. The van der Waals surface area contributed by atoms with Crippen LogP contribution in [0.3, 0.4) is 0 Å². The quantitative estimate of drug-likeness (QED) is 0.687. The highest BCUT2D eigenvalue weighted by Gasteiger charge is 2.46. The SMILES string of the molecule is COC1=CC(C)(Cl)C(Cl)(OC)C=C1C. The van der Waals surface area contributed by atoms with Gasteiger partial charge < -0.3 is 9.47 Å². The molecule has 2 atom stereocenters. The Balaban J connectivity index is 3.15. The van der Waals surface area contributed by atoms with Crippen LogP contribution in [0.15, 0.2) is 23.5 Å². The van der Waals surface area contributed by atoms with Crippen LogP contribution in [-0.4, -0.2) is 24.2 Å². The van der Waals surface area contributed by atoms with Gasteiger partial charge >= 0.3 is 0 Å². The molecule has 0 saturated heterocycles. The fourth-order valence-corrected chi connectivity index (χ4v) is 1.88. The van der Waals surface area contributed by atoms with Crippen LogP contribution in [-0.2, 0) is 9.47 Å². The van der Waals surface area contributed by atoms with Gasteiger partial charge in [-0.25, -0.2) is 0 Å². The van der Waals surface area contributed by atoms with Crippen molar-refractivity contribution in [3.05, 3.63) is 23.5 Å². The molecule has 1 aliphatic carbocycles. The zero-order chi connectivity index (χ0) is 11.0. The molecule has 0 aliphatic heterocycles. The first-order valence-corrected chi connectivity index (χ1v) is 5.01. The normalized spacial score (nSPS) is 37.6.